The van der Waals surface area contributed by atoms with Gasteiger partial charge in [-0.1, -0.05) is 23.7 Å². The predicted octanol–water partition coefficient (Wildman–Crippen LogP) is 4.70. The van der Waals surface area contributed by atoms with Gasteiger partial charge in [0.15, 0.2) is 0 Å². The van der Waals surface area contributed by atoms with E-state index in [2.05, 4.69) is 20.5 Å². The Hall–Kier alpha value is -3.20. The second-order valence-electron chi connectivity index (χ2n) is 8.73. The Labute approximate surface area is 207 Å². The lowest BCUT2D eigenvalue weighted by Crippen LogP contribution is -2.36. The van der Waals surface area contributed by atoms with Crippen LogP contribution in [-0.2, 0) is 14.2 Å². The number of nitrogens with zero attached hydrogens (tertiary/aromatic N) is 4. The predicted molar refractivity (Wildman–Crippen MR) is 134 cm³/mol. The molecule has 1 atom stereocenters. The van der Waals surface area contributed by atoms with E-state index in [0.717, 1.165) is 54.0 Å². The smallest absolute Gasteiger partial charge is 0.340 e. The number of esters is 1. The van der Waals surface area contributed by atoms with Crippen LogP contribution in [0.3, 0.4) is 0 Å². The van der Waals surface area contributed by atoms with Crippen molar-refractivity contribution in [2.24, 2.45) is 0 Å². The molecule has 8 nitrogen and oxygen atoms in total. The van der Waals surface area contributed by atoms with Gasteiger partial charge in [-0.15, -0.1) is 0 Å². The maximum atomic E-state index is 12.9. The number of hydrogen-bond acceptors (Lipinski definition) is 7. The third kappa shape index (κ3) is 3.82. The van der Waals surface area contributed by atoms with E-state index in [1.165, 1.54) is 7.11 Å². The highest BCUT2D eigenvalue weighted by molar-refractivity contribution is 6.35. The van der Waals surface area contributed by atoms with Crippen molar-refractivity contribution in [3.05, 3.63) is 59.0 Å². The normalized spacial score (nSPS) is 18.5. The van der Waals surface area contributed by atoms with Crippen molar-refractivity contribution in [1.29, 1.82) is 0 Å². The molecule has 1 unspecified atom stereocenters. The van der Waals surface area contributed by atoms with Crippen molar-refractivity contribution in [1.82, 2.24) is 14.5 Å². The van der Waals surface area contributed by atoms with Crippen molar-refractivity contribution < 1.29 is 19.0 Å². The van der Waals surface area contributed by atoms with Crippen molar-refractivity contribution in [3.63, 3.8) is 0 Å². The summed E-state index contributed by atoms with van der Waals surface area (Å²) in [7, 11) is 1.39. The number of benzene rings is 2. The third-order valence-electron chi connectivity index (χ3n) is 6.71. The second kappa shape index (κ2) is 9.11. The first-order valence-electron chi connectivity index (χ1n) is 11.8. The van der Waals surface area contributed by atoms with Crippen LogP contribution in [0.25, 0.3) is 27.6 Å². The summed E-state index contributed by atoms with van der Waals surface area (Å²) in [5.41, 5.74) is 4.36. The molecule has 2 aromatic carbocycles. The second-order valence-corrected chi connectivity index (χ2v) is 9.13. The quantitative estimate of drug-likeness (QED) is 0.382. The van der Waals surface area contributed by atoms with Gasteiger partial charge in [-0.2, -0.15) is 0 Å². The number of methoxy groups -OCH3 is 1. The Kier molecular flexibility index (Phi) is 5.80. The Morgan fingerprint density at radius 2 is 2.00 bits per heavy atom. The van der Waals surface area contributed by atoms with Crippen LogP contribution >= 0.6 is 11.6 Å². The molecular formula is C26H25ClN4O4. The van der Waals surface area contributed by atoms with Crippen molar-refractivity contribution >= 4 is 45.2 Å². The monoisotopic (exact) mass is 492 g/mol. The van der Waals surface area contributed by atoms with Gasteiger partial charge < -0.3 is 19.1 Å². The zero-order valence-corrected chi connectivity index (χ0v) is 20.1. The van der Waals surface area contributed by atoms with E-state index in [4.69, 9.17) is 30.8 Å². The summed E-state index contributed by atoms with van der Waals surface area (Å²) in [6.07, 6.45) is 3.39. The fourth-order valence-electron chi connectivity index (χ4n) is 5.02. The van der Waals surface area contributed by atoms with E-state index in [1.807, 2.05) is 30.3 Å². The largest absolute Gasteiger partial charge is 0.465 e. The number of aromatic nitrogens is 3. The number of anilines is 1. The Morgan fingerprint density at radius 1 is 1.14 bits per heavy atom. The molecule has 2 saturated heterocycles. The zero-order chi connectivity index (χ0) is 23.9. The van der Waals surface area contributed by atoms with Gasteiger partial charge in [0.05, 0.1) is 47.6 Å². The Morgan fingerprint density at radius 3 is 2.77 bits per heavy atom. The summed E-state index contributed by atoms with van der Waals surface area (Å²) in [6.45, 7) is 3.44. The molecule has 180 valence electrons. The fourth-order valence-corrected chi connectivity index (χ4v) is 5.24. The summed E-state index contributed by atoms with van der Waals surface area (Å²) in [5.74, 6) is 0.338. The van der Waals surface area contributed by atoms with Gasteiger partial charge >= 0.3 is 5.97 Å². The first-order valence-corrected chi connectivity index (χ1v) is 12.2. The highest BCUT2D eigenvalue weighted by atomic mass is 35.5. The first-order chi connectivity index (χ1) is 17.2. The average Bonchev–Trinajstić information content (AvgIpc) is 3.56. The molecule has 4 heterocycles. The van der Waals surface area contributed by atoms with Gasteiger partial charge in [-0.3, -0.25) is 9.55 Å². The van der Waals surface area contributed by atoms with E-state index in [-0.39, 0.29) is 6.10 Å². The first kappa shape index (κ1) is 22.3. The topological polar surface area (TPSA) is 78.7 Å². The van der Waals surface area contributed by atoms with Crippen LogP contribution in [0.5, 0.6) is 0 Å². The van der Waals surface area contributed by atoms with E-state index >= 15 is 0 Å². The Balaban J connectivity index is 1.68. The molecule has 0 radical (unpaired) electrons. The summed E-state index contributed by atoms with van der Waals surface area (Å²) >= 11 is 6.50. The molecule has 0 spiro atoms. The van der Waals surface area contributed by atoms with Crippen molar-refractivity contribution in [2.45, 2.75) is 18.9 Å². The summed E-state index contributed by atoms with van der Waals surface area (Å²) in [6, 6.07) is 11.7. The lowest BCUT2D eigenvalue weighted by molar-refractivity contribution is 0.0602. The molecular weight excluding hydrogens is 468 g/mol. The number of ether oxygens (including phenoxy) is 3. The number of imidazole rings is 1. The number of para-hydroxylation sites is 1. The van der Waals surface area contributed by atoms with Gasteiger partial charge in [0.2, 0.25) is 0 Å². The highest BCUT2D eigenvalue weighted by Crippen LogP contribution is 2.38. The SMILES string of the molecule is COC(=O)c1cc(N2CCOCC2)cc2c1nc(C1CCCO1)n2-c1ccnc2c(Cl)cccc12. The third-order valence-corrected chi connectivity index (χ3v) is 7.01. The number of hydrogen-bond donors (Lipinski definition) is 0. The van der Waals surface area contributed by atoms with E-state index in [1.54, 1.807) is 6.20 Å². The minimum Gasteiger partial charge on any atom is -0.465 e. The molecule has 0 N–H and O–H groups in total. The van der Waals surface area contributed by atoms with Crippen molar-refractivity contribution in [3.8, 4) is 5.69 Å². The van der Waals surface area contributed by atoms with Crippen LogP contribution in [0.15, 0.2) is 42.6 Å². The van der Waals surface area contributed by atoms with Crippen LogP contribution in [0.1, 0.15) is 35.1 Å². The summed E-state index contributed by atoms with van der Waals surface area (Å²) in [5, 5.41) is 1.48. The number of fused-ring (bicyclic) bond motifs is 2. The molecule has 0 saturated carbocycles. The van der Waals surface area contributed by atoms with Gasteiger partial charge in [-0.25, -0.2) is 9.78 Å². The molecule has 0 aliphatic carbocycles. The molecule has 0 bridgehead atoms. The van der Waals surface area contributed by atoms with Crippen LogP contribution in [-0.4, -0.2) is 60.5 Å². The van der Waals surface area contributed by atoms with E-state index in [0.29, 0.717) is 41.4 Å². The molecule has 2 fully saturated rings. The zero-order valence-electron chi connectivity index (χ0n) is 19.4. The fraction of sp³-hybridized carbons (Fsp3) is 0.346. The maximum absolute atomic E-state index is 12.9. The average molecular weight is 493 g/mol. The number of pyridine rings is 1. The van der Waals surface area contributed by atoms with Crippen molar-refractivity contribution in [2.75, 3.05) is 44.9 Å². The highest BCUT2D eigenvalue weighted by Gasteiger charge is 2.29. The summed E-state index contributed by atoms with van der Waals surface area (Å²) < 4.78 is 18.9. The Bertz CT molecular complexity index is 1420. The number of rotatable bonds is 4. The van der Waals surface area contributed by atoms with Crippen LogP contribution in [0.2, 0.25) is 5.02 Å². The molecule has 2 aliphatic heterocycles. The van der Waals surface area contributed by atoms with Crippen LogP contribution in [0.4, 0.5) is 5.69 Å². The van der Waals surface area contributed by atoms with Gasteiger partial charge in [0, 0.05) is 37.0 Å². The molecule has 0 amide bonds. The number of carbonyl (C=O) groups is 1. The standard InChI is InChI=1S/C26H25ClN4O4/c1-33-26(32)18-14-16(30-9-12-34-13-10-30)15-21-24(18)29-25(22-6-3-11-35-22)31(21)20-7-8-28-23-17(20)4-2-5-19(23)27/h2,4-5,7-8,14-15,22H,3,6,9-13H2,1H3. The lowest BCUT2D eigenvalue weighted by atomic mass is 10.1. The van der Waals surface area contributed by atoms with E-state index < -0.39 is 5.97 Å². The molecule has 2 aromatic heterocycles. The number of halogens is 1. The lowest BCUT2D eigenvalue weighted by Gasteiger charge is -2.29. The minimum absolute atomic E-state index is 0.179. The molecule has 6 rings (SSSR count). The molecule has 2 aliphatic rings. The van der Waals surface area contributed by atoms with Gasteiger partial charge in [0.25, 0.3) is 0 Å². The maximum Gasteiger partial charge on any atom is 0.340 e. The van der Waals surface area contributed by atoms with Crippen LogP contribution in [0, 0.1) is 0 Å². The number of carbonyl (C=O) groups excluding carboxylic acids is 1. The molecule has 4 aromatic rings. The minimum atomic E-state index is -0.420. The van der Waals surface area contributed by atoms with E-state index in [9.17, 15) is 4.79 Å². The van der Waals surface area contributed by atoms with Gasteiger partial charge in [-0.05, 0) is 37.1 Å². The molecule has 35 heavy (non-hydrogen) atoms. The molecule has 9 heteroatoms. The van der Waals surface area contributed by atoms with Crippen LogP contribution < -0.4 is 4.90 Å². The summed E-state index contributed by atoms with van der Waals surface area (Å²) in [4.78, 5) is 24.7. The van der Waals surface area contributed by atoms with Gasteiger partial charge in [0.1, 0.15) is 17.4 Å². The number of morpholine rings is 1.